The molecule has 19 heavy (non-hydrogen) atoms. The molecule has 1 unspecified atom stereocenters. The van der Waals surface area contributed by atoms with Gasteiger partial charge in [-0.05, 0) is 38.1 Å². The van der Waals surface area contributed by atoms with E-state index in [0.717, 1.165) is 25.7 Å². The summed E-state index contributed by atoms with van der Waals surface area (Å²) in [6, 6.07) is 0.0463. The van der Waals surface area contributed by atoms with Crippen LogP contribution in [-0.4, -0.2) is 54.0 Å². The zero-order valence-electron chi connectivity index (χ0n) is 11.3. The maximum absolute atomic E-state index is 12.7. The van der Waals surface area contributed by atoms with E-state index in [1.54, 1.807) is 0 Å². The number of rotatable bonds is 8. The zero-order valence-corrected chi connectivity index (χ0v) is 11.3. The molecule has 1 atom stereocenters. The van der Waals surface area contributed by atoms with Crippen LogP contribution in [0.15, 0.2) is 0 Å². The van der Waals surface area contributed by atoms with Crippen molar-refractivity contribution in [1.29, 1.82) is 0 Å². The Morgan fingerprint density at radius 1 is 1.16 bits per heavy atom. The van der Waals surface area contributed by atoms with Gasteiger partial charge in [-0.15, -0.1) is 0 Å². The van der Waals surface area contributed by atoms with Gasteiger partial charge in [-0.1, -0.05) is 6.92 Å². The molecule has 2 fully saturated rings. The average Bonchev–Trinajstić information content (AvgIpc) is 3.17. The third-order valence-corrected chi connectivity index (χ3v) is 4.10. The van der Waals surface area contributed by atoms with Crippen molar-refractivity contribution >= 4 is 0 Å². The Hall–Kier alpha value is -0.330. The molecule has 0 bridgehead atoms. The van der Waals surface area contributed by atoms with Crippen molar-refractivity contribution in [3.05, 3.63) is 0 Å². The smallest absolute Gasteiger partial charge is 0.394 e. The first-order valence-corrected chi connectivity index (χ1v) is 7.07. The Morgan fingerprint density at radius 2 is 1.79 bits per heavy atom. The number of nitrogens with one attached hydrogen (secondary N) is 1. The molecule has 0 aromatic carbocycles. The van der Waals surface area contributed by atoms with Gasteiger partial charge in [-0.25, -0.2) is 0 Å². The summed E-state index contributed by atoms with van der Waals surface area (Å²) < 4.78 is 38.0. The van der Waals surface area contributed by atoms with E-state index in [9.17, 15) is 18.3 Å². The number of likely N-dealkylation sites (N-methyl/N-ethyl adjacent to an activating group) is 1. The molecule has 2 N–H and O–H groups in total. The summed E-state index contributed by atoms with van der Waals surface area (Å²) in [6.45, 7) is 1.94. The molecule has 3 nitrogen and oxygen atoms in total. The van der Waals surface area contributed by atoms with E-state index < -0.39 is 18.3 Å². The van der Waals surface area contributed by atoms with Gasteiger partial charge >= 0.3 is 6.18 Å². The lowest BCUT2D eigenvalue weighted by Gasteiger charge is -2.38. The van der Waals surface area contributed by atoms with Crippen LogP contribution in [0.3, 0.4) is 0 Å². The van der Waals surface area contributed by atoms with Crippen LogP contribution in [0, 0.1) is 5.92 Å². The largest absolute Gasteiger partial charge is 0.401 e. The highest BCUT2D eigenvalue weighted by molar-refractivity contribution is 5.04. The summed E-state index contributed by atoms with van der Waals surface area (Å²) in [5.41, 5.74) is -0.553. The normalized spacial score (nSPS) is 23.7. The highest BCUT2D eigenvalue weighted by atomic mass is 19.4. The van der Waals surface area contributed by atoms with Gasteiger partial charge in [0.25, 0.3) is 0 Å². The van der Waals surface area contributed by atoms with Crippen LogP contribution in [0.1, 0.15) is 32.6 Å². The third-order valence-electron chi connectivity index (χ3n) is 4.10. The molecule has 2 aliphatic carbocycles. The Kier molecular flexibility index (Phi) is 4.42. The number of aliphatic hydroxyl groups is 1. The van der Waals surface area contributed by atoms with E-state index in [4.69, 9.17) is 0 Å². The van der Waals surface area contributed by atoms with Crippen molar-refractivity contribution in [3.8, 4) is 0 Å². The van der Waals surface area contributed by atoms with Gasteiger partial charge in [0, 0.05) is 12.6 Å². The summed E-state index contributed by atoms with van der Waals surface area (Å²) in [7, 11) is 0. The molecule has 6 heteroatoms. The van der Waals surface area contributed by atoms with Crippen LogP contribution in [-0.2, 0) is 0 Å². The molecule has 0 aromatic rings. The van der Waals surface area contributed by atoms with E-state index in [0.29, 0.717) is 19.0 Å². The number of hydrogen-bond acceptors (Lipinski definition) is 3. The highest BCUT2D eigenvalue weighted by Gasteiger charge is 2.48. The molecule has 0 amide bonds. The quantitative estimate of drug-likeness (QED) is 0.711. The van der Waals surface area contributed by atoms with Crippen LogP contribution >= 0.6 is 0 Å². The highest BCUT2D eigenvalue weighted by Crippen LogP contribution is 2.42. The maximum atomic E-state index is 12.7. The Balaban J connectivity index is 2.04. The Bertz CT molecular complexity index is 303. The van der Waals surface area contributed by atoms with Gasteiger partial charge in [0.1, 0.15) is 0 Å². The minimum Gasteiger partial charge on any atom is -0.394 e. The zero-order chi connectivity index (χ0) is 14.1. The second kappa shape index (κ2) is 5.58. The first-order valence-electron chi connectivity index (χ1n) is 7.07. The molecule has 2 saturated carbocycles. The number of hydrogen-bond donors (Lipinski definition) is 2. The summed E-state index contributed by atoms with van der Waals surface area (Å²) in [5.74, 6) is 0.312. The second-order valence-corrected chi connectivity index (χ2v) is 5.87. The van der Waals surface area contributed by atoms with E-state index in [1.807, 2.05) is 6.92 Å². The summed E-state index contributed by atoms with van der Waals surface area (Å²) in [4.78, 5) is 1.51. The van der Waals surface area contributed by atoms with Crippen molar-refractivity contribution in [3.63, 3.8) is 0 Å². The third kappa shape index (κ3) is 4.07. The number of halogens is 3. The fraction of sp³-hybridized carbons (Fsp3) is 1.00. The minimum absolute atomic E-state index is 0.0463. The van der Waals surface area contributed by atoms with Crippen molar-refractivity contribution in [2.45, 2.75) is 50.4 Å². The van der Waals surface area contributed by atoms with E-state index in [1.165, 1.54) is 4.90 Å². The summed E-state index contributed by atoms with van der Waals surface area (Å²) in [6.07, 6.45) is -0.488. The number of aliphatic hydroxyl groups excluding tert-OH is 1. The predicted octanol–water partition coefficient (Wildman–Crippen LogP) is 1.76. The monoisotopic (exact) mass is 280 g/mol. The summed E-state index contributed by atoms with van der Waals surface area (Å²) >= 11 is 0. The van der Waals surface area contributed by atoms with Crippen molar-refractivity contribution in [2.75, 3.05) is 26.2 Å². The first kappa shape index (κ1) is 15.1. The van der Waals surface area contributed by atoms with Gasteiger partial charge in [-0.2, -0.15) is 13.2 Å². The van der Waals surface area contributed by atoms with Gasteiger partial charge in [0.05, 0.1) is 18.7 Å². The van der Waals surface area contributed by atoms with Crippen LogP contribution in [0.4, 0.5) is 13.2 Å². The molecular weight excluding hydrogens is 257 g/mol. The van der Waals surface area contributed by atoms with Crippen molar-refractivity contribution in [2.24, 2.45) is 5.92 Å². The Morgan fingerprint density at radius 3 is 2.16 bits per heavy atom. The molecular formula is C13H23F3N2O. The topological polar surface area (TPSA) is 35.5 Å². The maximum Gasteiger partial charge on any atom is 0.401 e. The molecule has 0 radical (unpaired) electrons. The minimum atomic E-state index is -4.17. The predicted molar refractivity (Wildman–Crippen MR) is 66.9 cm³/mol. The van der Waals surface area contributed by atoms with E-state index in [-0.39, 0.29) is 12.6 Å². The van der Waals surface area contributed by atoms with Crippen LogP contribution < -0.4 is 5.32 Å². The molecule has 112 valence electrons. The lowest BCUT2D eigenvalue weighted by Crippen LogP contribution is -2.59. The van der Waals surface area contributed by atoms with Gasteiger partial charge in [-0.3, -0.25) is 4.90 Å². The van der Waals surface area contributed by atoms with E-state index in [2.05, 4.69) is 5.32 Å². The SMILES string of the molecule is CCNC(CO)(CN(CC(F)(F)F)C1CC1)C1CC1. The summed E-state index contributed by atoms with van der Waals surface area (Å²) in [5, 5.41) is 12.9. The van der Waals surface area contributed by atoms with Crippen LogP contribution in [0.2, 0.25) is 0 Å². The molecule has 0 saturated heterocycles. The Labute approximate surface area is 112 Å². The fourth-order valence-electron chi connectivity index (χ4n) is 2.90. The second-order valence-electron chi connectivity index (χ2n) is 5.87. The lowest BCUT2D eigenvalue weighted by molar-refractivity contribution is -0.150. The molecule has 2 rings (SSSR count). The van der Waals surface area contributed by atoms with E-state index >= 15 is 0 Å². The average molecular weight is 280 g/mol. The standard InChI is InChI=1S/C13H23F3N2O/c1-2-17-12(9-19,10-3-4-10)7-18(11-5-6-11)8-13(14,15)16/h10-11,17,19H,2-9H2,1H3. The molecule has 2 aliphatic rings. The molecule has 0 aromatic heterocycles. The van der Waals surface area contributed by atoms with Crippen LogP contribution in [0.25, 0.3) is 0 Å². The molecule has 0 spiro atoms. The number of alkyl halides is 3. The number of nitrogens with zero attached hydrogens (tertiary/aromatic N) is 1. The van der Waals surface area contributed by atoms with Crippen LogP contribution in [0.5, 0.6) is 0 Å². The van der Waals surface area contributed by atoms with Gasteiger partial charge in [0.2, 0.25) is 0 Å². The molecule has 0 aliphatic heterocycles. The van der Waals surface area contributed by atoms with Gasteiger partial charge < -0.3 is 10.4 Å². The van der Waals surface area contributed by atoms with Crippen molar-refractivity contribution in [1.82, 2.24) is 10.2 Å². The van der Waals surface area contributed by atoms with Crippen molar-refractivity contribution < 1.29 is 18.3 Å². The lowest BCUT2D eigenvalue weighted by atomic mass is 9.93. The van der Waals surface area contributed by atoms with Gasteiger partial charge in [0.15, 0.2) is 0 Å². The first-order chi connectivity index (χ1) is 8.90. The fourth-order valence-corrected chi connectivity index (χ4v) is 2.90. The molecule has 0 heterocycles.